The zero-order valence-electron chi connectivity index (χ0n) is 10.8. The van der Waals surface area contributed by atoms with Gasteiger partial charge in [0.25, 0.3) is 0 Å². The van der Waals surface area contributed by atoms with Crippen molar-refractivity contribution < 1.29 is 0 Å². The van der Waals surface area contributed by atoms with Gasteiger partial charge in [0, 0.05) is 42.5 Å². The Morgan fingerprint density at radius 3 is 3.26 bits per heavy atom. The lowest BCUT2D eigenvalue weighted by atomic mass is 10.1. The van der Waals surface area contributed by atoms with Gasteiger partial charge in [-0.25, -0.2) is 4.68 Å². The minimum Gasteiger partial charge on any atom is -0.370 e. The van der Waals surface area contributed by atoms with Crippen molar-refractivity contribution in [3.05, 3.63) is 33.6 Å². The smallest absolute Gasteiger partial charge is 0.124 e. The Morgan fingerprint density at radius 1 is 1.58 bits per heavy atom. The summed E-state index contributed by atoms with van der Waals surface area (Å²) in [4.78, 5) is 1.29. The summed E-state index contributed by atoms with van der Waals surface area (Å²) in [6, 6.07) is 6.41. The van der Waals surface area contributed by atoms with Gasteiger partial charge in [0.2, 0.25) is 0 Å². The van der Waals surface area contributed by atoms with Crippen molar-refractivity contribution in [3.63, 3.8) is 0 Å². The molecule has 0 spiro atoms. The van der Waals surface area contributed by atoms with Crippen molar-refractivity contribution in [1.82, 2.24) is 15.1 Å². The molecule has 1 aliphatic heterocycles. The van der Waals surface area contributed by atoms with Crippen LogP contribution in [-0.4, -0.2) is 22.9 Å². The highest BCUT2D eigenvalue weighted by molar-refractivity contribution is 7.16. The maximum absolute atomic E-state index is 5.97. The van der Waals surface area contributed by atoms with Gasteiger partial charge in [-0.2, -0.15) is 5.10 Å². The van der Waals surface area contributed by atoms with Gasteiger partial charge in [-0.05, 0) is 19.1 Å². The van der Waals surface area contributed by atoms with E-state index < -0.39 is 0 Å². The molecule has 0 fully saturated rings. The van der Waals surface area contributed by atoms with Crippen LogP contribution in [0.4, 0.5) is 5.82 Å². The van der Waals surface area contributed by atoms with E-state index in [-0.39, 0.29) is 0 Å². The topological polar surface area (TPSA) is 41.9 Å². The van der Waals surface area contributed by atoms with E-state index in [0.717, 1.165) is 29.8 Å². The number of aromatic nitrogens is 2. The molecule has 2 aromatic rings. The molecule has 0 bridgehead atoms. The maximum Gasteiger partial charge on any atom is 0.124 e. The van der Waals surface area contributed by atoms with Crippen molar-refractivity contribution in [1.29, 1.82) is 0 Å². The molecular formula is C13H17ClN4S. The van der Waals surface area contributed by atoms with Crippen LogP contribution < -0.4 is 10.6 Å². The predicted octanol–water partition coefficient (Wildman–Crippen LogP) is 2.99. The number of thiophene rings is 1. The first-order chi connectivity index (χ1) is 9.22. The van der Waals surface area contributed by atoms with Gasteiger partial charge in [-0.3, -0.25) is 0 Å². The largest absolute Gasteiger partial charge is 0.370 e. The lowest BCUT2D eigenvalue weighted by Crippen LogP contribution is -2.36. The van der Waals surface area contributed by atoms with E-state index in [1.807, 2.05) is 23.0 Å². The summed E-state index contributed by atoms with van der Waals surface area (Å²) >= 11 is 7.61. The molecule has 0 saturated heterocycles. The monoisotopic (exact) mass is 296 g/mol. The van der Waals surface area contributed by atoms with Crippen molar-refractivity contribution >= 4 is 28.8 Å². The SMILES string of the molecule is CC(NCC1CNc2ccnn2C1)c1ccc(Cl)s1. The predicted molar refractivity (Wildman–Crippen MR) is 80.0 cm³/mol. The highest BCUT2D eigenvalue weighted by Gasteiger charge is 2.19. The van der Waals surface area contributed by atoms with Crippen LogP contribution in [0.1, 0.15) is 17.8 Å². The third-order valence-electron chi connectivity index (χ3n) is 3.45. The second-order valence-corrected chi connectivity index (χ2v) is 6.66. The van der Waals surface area contributed by atoms with Crippen LogP contribution in [0.25, 0.3) is 0 Å². The van der Waals surface area contributed by atoms with Crippen LogP contribution in [-0.2, 0) is 6.54 Å². The van der Waals surface area contributed by atoms with Crippen LogP contribution >= 0.6 is 22.9 Å². The van der Waals surface area contributed by atoms with Crippen molar-refractivity contribution in [2.75, 3.05) is 18.4 Å². The summed E-state index contributed by atoms with van der Waals surface area (Å²) in [5, 5.41) is 11.3. The van der Waals surface area contributed by atoms with Crippen LogP contribution in [0.5, 0.6) is 0 Å². The van der Waals surface area contributed by atoms with Crippen molar-refractivity contribution in [3.8, 4) is 0 Å². The summed E-state index contributed by atoms with van der Waals surface area (Å²) in [5.41, 5.74) is 0. The minimum atomic E-state index is 0.344. The minimum absolute atomic E-state index is 0.344. The Kier molecular flexibility index (Phi) is 3.77. The third kappa shape index (κ3) is 2.94. The molecule has 0 aromatic carbocycles. The molecule has 3 rings (SSSR count). The number of nitrogens with one attached hydrogen (secondary N) is 2. The average Bonchev–Trinajstić information content (AvgIpc) is 3.03. The number of hydrogen-bond donors (Lipinski definition) is 2. The standard InChI is InChI=1S/C13H17ClN4S/c1-9(11-2-3-12(14)19-11)15-6-10-7-16-13-4-5-17-18(13)8-10/h2-5,9-10,15-16H,6-8H2,1H3. The molecule has 2 atom stereocenters. The molecule has 4 nitrogen and oxygen atoms in total. The summed E-state index contributed by atoms with van der Waals surface area (Å²) in [6.45, 7) is 5.12. The Labute approximate surface area is 121 Å². The van der Waals surface area contributed by atoms with Crippen LogP contribution in [0, 0.1) is 5.92 Å². The van der Waals surface area contributed by atoms with Crippen molar-refractivity contribution in [2.45, 2.75) is 19.5 Å². The molecule has 0 saturated carbocycles. The Balaban J connectivity index is 1.53. The fourth-order valence-corrected chi connectivity index (χ4v) is 3.42. The van der Waals surface area contributed by atoms with Crippen molar-refractivity contribution in [2.24, 2.45) is 5.92 Å². The molecule has 2 N–H and O–H groups in total. The van der Waals surface area contributed by atoms with Gasteiger partial charge in [0.15, 0.2) is 0 Å². The number of halogens is 1. The number of hydrogen-bond acceptors (Lipinski definition) is 4. The Morgan fingerprint density at radius 2 is 2.47 bits per heavy atom. The summed E-state index contributed by atoms with van der Waals surface area (Å²) in [6.07, 6.45) is 1.84. The molecule has 0 amide bonds. The van der Waals surface area contributed by atoms with E-state index in [2.05, 4.69) is 28.7 Å². The zero-order valence-corrected chi connectivity index (χ0v) is 12.3. The molecule has 19 heavy (non-hydrogen) atoms. The first-order valence-electron chi connectivity index (χ1n) is 6.46. The fraction of sp³-hybridized carbons (Fsp3) is 0.462. The third-order valence-corrected chi connectivity index (χ3v) is 4.87. The summed E-state index contributed by atoms with van der Waals surface area (Å²) in [7, 11) is 0. The lowest BCUT2D eigenvalue weighted by Gasteiger charge is -2.26. The second-order valence-electron chi connectivity index (χ2n) is 4.92. The number of nitrogens with zero attached hydrogens (tertiary/aromatic N) is 2. The normalized spacial score (nSPS) is 19.8. The van der Waals surface area contributed by atoms with Gasteiger partial charge in [-0.15, -0.1) is 11.3 Å². The molecular weight excluding hydrogens is 280 g/mol. The highest BCUT2D eigenvalue weighted by Crippen LogP contribution is 2.26. The maximum atomic E-state index is 5.97. The summed E-state index contributed by atoms with van der Waals surface area (Å²) < 4.78 is 2.88. The second kappa shape index (κ2) is 5.53. The highest BCUT2D eigenvalue weighted by atomic mass is 35.5. The summed E-state index contributed by atoms with van der Waals surface area (Å²) in [5.74, 6) is 1.68. The van der Waals surface area contributed by atoms with Gasteiger partial charge in [0.1, 0.15) is 5.82 Å². The van der Waals surface area contributed by atoms with Gasteiger partial charge >= 0.3 is 0 Å². The molecule has 2 aromatic heterocycles. The van der Waals surface area contributed by atoms with E-state index in [4.69, 9.17) is 11.6 Å². The molecule has 0 radical (unpaired) electrons. The average molecular weight is 297 g/mol. The van der Waals surface area contributed by atoms with Crippen LogP contribution in [0.3, 0.4) is 0 Å². The molecule has 3 heterocycles. The quantitative estimate of drug-likeness (QED) is 0.911. The zero-order chi connectivity index (χ0) is 13.2. The van der Waals surface area contributed by atoms with E-state index in [0.29, 0.717) is 12.0 Å². The van der Waals surface area contributed by atoms with Crippen LogP contribution in [0.2, 0.25) is 4.34 Å². The Hall–Kier alpha value is -1.04. The molecule has 0 aliphatic carbocycles. The van der Waals surface area contributed by atoms with Gasteiger partial charge in [-0.1, -0.05) is 11.6 Å². The molecule has 1 aliphatic rings. The van der Waals surface area contributed by atoms with E-state index in [1.54, 1.807) is 11.3 Å². The molecule has 102 valence electrons. The number of rotatable bonds is 4. The molecule has 2 unspecified atom stereocenters. The number of anilines is 1. The van der Waals surface area contributed by atoms with E-state index in [1.165, 1.54) is 4.88 Å². The first kappa shape index (κ1) is 13.0. The van der Waals surface area contributed by atoms with Crippen LogP contribution in [0.15, 0.2) is 24.4 Å². The first-order valence-corrected chi connectivity index (χ1v) is 7.66. The van der Waals surface area contributed by atoms with Gasteiger partial charge in [0.05, 0.1) is 10.5 Å². The van der Waals surface area contributed by atoms with E-state index in [9.17, 15) is 0 Å². The van der Waals surface area contributed by atoms with E-state index >= 15 is 0 Å². The Bertz CT molecular complexity index is 550. The van der Waals surface area contributed by atoms with Gasteiger partial charge < -0.3 is 10.6 Å². The fourth-order valence-electron chi connectivity index (χ4n) is 2.33. The number of fused-ring (bicyclic) bond motifs is 1. The molecule has 6 heteroatoms. The lowest BCUT2D eigenvalue weighted by molar-refractivity contribution is 0.377.